The molecule has 0 N–H and O–H groups in total. The molecule has 13 heteroatoms. The van der Waals surface area contributed by atoms with Gasteiger partial charge in [0.05, 0.1) is 16.9 Å². The molecule has 32 heavy (non-hydrogen) atoms. The topological polar surface area (TPSA) is 120 Å². The normalized spacial score (nSPS) is 11.5. The Bertz CT molecular complexity index is 1350. The number of carbonyl (C=O) groups excluding carboxylic acids is 1. The molecule has 0 aliphatic carbocycles. The van der Waals surface area contributed by atoms with Crippen molar-refractivity contribution in [3.05, 3.63) is 78.6 Å². The summed E-state index contributed by atoms with van der Waals surface area (Å²) in [5.41, 5.74) is -2.58. The van der Waals surface area contributed by atoms with Gasteiger partial charge in [0.15, 0.2) is 0 Å². The quantitative estimate of drug-likeness (QED) is 0.431. The van der Waals surface area contributed by atoms with Gasteiger partial charge in [-0.2, -0.15) is 13.2 Å². The molecule has 0 fully saturated rings. The lowest BCUT2D eigenvalue weighted by Crippen LogP contribution is -2.40. The number of aromatic nitrogens is 3. The van der Waals surface area contributed by atoms with Gasteiger partial charge in [-0.3, -0.25) is 28.8 Å². The number of benzene rings is 1. The number of carbonyl (C=O) groups is 1. The van der Waals surface area contributed by atoms with Crippen molar-refractivity contribution in [2.24, 2.45) is 14.1 Å². The fraction of sp³-hybridized carbons (Fsp3) is 0.263. The Kier molecular flexibility index (Phi) is 5.84. The lowest BCUT2D eigenvalue weighted by molar-refractivity contribution is -0.385. The van der Waals surface area contributed by atoms with Gasteiger partial charge in [-0.1, -0.05) is 18.2 Å². The van der Waals surface area contributed by atoms with Crippen molar-refractivity contribution in [2.75, 3.05) is 6.54 Å². The highest BCUT2D eigenvalue weighted by Gasteiger charge is 2.35. The number of nitro groups is 1. The molecular formula is C19H16F3N5O5. The summed E-state index contributed by atoms with van der Waals surface area (Å²) in [4.78, 5) is 52.1. The van der Waals surface area contributed by atoms with Gasteiger partial charge in [0, 0.05) is 25.7 Å². The second kappa shape index (κ2) is 8.24. The van der Waals surface area contributed by atoms with E-state index in [0.29, 0.717) is 4.90 Å². The van der Waals surface area contributed by atoms with E-state index in [1.807, 2.05) is 0 Å². The van der Waals surface area contributed by atoms with Crippen LogP contribution in [0.2, 0.25) is 0 Å². The number of nitro benzene ring substituents is 1. The lowest BCUT2D eigenvalue weighted by Gasteiger charge is -2.24. The molecule has 0 saturated carbocycles. The van der Waals surface area contributed by atoms with E-state index in [-0.39, 0.29) is 16.6 Å². The first-order valence-electron chi connectivity index (χ1n) is 9.06. The zero-order valence-corrected chi connectivity index (χ0v) is 16.8. The molecule has 0 aliphatic rings. The van der Waals surface area contributed by atoms with Gasteiger partial charge in [0.1, 0.15) is 17.9 Å². The molecule has 1 amide bonds. The van der Waals surface area contributed by atoms with Crippen molar-refractivity contribution < 1.29 is 22.9 Å². The van der Waals surface area contributed by atoms with Gasteiger partial charge >= 0.3 is 11.9 Å². The van der Waals surface area contributed by atoms with Crippen molar-refractivity contribution in [2.45, 2.75) is 12.7 Å². The van der Waals surface area contributed by atoms with E-state index < -0.39 is 52.7 Å². The molecule has 2 aromatic heterocycles. The molecule has 0 unspecified atom stereocenters. The second-order valence-electron chi connectivity index (χ2n) is 6.94. The summed E-state index contributed by atoms with van der Waals surface area (Å²) in [6, 6.07) is 7.37. The van der Waals surface area contributed by atoms with Crippen LogP contribution in [0.1, 0.15) is 16.1 Å². The number of halogens is 3. The van der Waals surface area contributed by atoms with Crippen molar-refractivity contribution in [1.29, 1.82) is 0 Å². The monoisotopic (exact) mass is 451 g/mol. The summed E-state index contributed by atoms with van der Waals surface area (Å²) < 4.78 is 41.3. The first-order valence-corrected chi connectivity index (χ1v) is 9.06. The fourth-order valence-electron chi connectivity index (χ4n) is 3.18. The van der Waals surface area contributed by atoms with Crippen LogP contribution >= 0.6 is 0 Å². The van der Waals surface area contributed by atoms with Gasteiger partial charge in [-0.05, 0) is 12.1 Å². The highest BCUT2D eigenvalue weighted by molar-refractivity contribution is 5.94. The van der Waals surface area contributed by atoms with Crippen LogP contribution < -0.4 is 11.2 Å². The summed E-state index contributed by atoms with van der Waals surface area (Å²) >= 11 is 0. The molecule has 3 rings (SSSR count). The van der Waals surface area contributed by atoms with Crippen molar-refractivity contribution in [3.8, 4) is 0 Å². The molecular weight excluding hydrogens is 435 g/mol. The summed E-state index contributed by atoms with van der Waals surface area (Å²) in [5.74, 6) is -1.17. The number of nitrogens with zero attached hydrogens (tertiary/aromatic N) is 5. The van der Waals surface area contributed by atoms with Crippen LogP contribution in [0.15, 0.2) is 46.0 Å². The van der Waals surface area contributed by atoms with Crippen molar-refractivity contribution >= 4 is 22.6 Å². The average molecular weight is 451 g/mol. The number of alkyl halides is 3. The average Bonchev–Trinajstić information content (AvgIpc) is 2.74. The number of pyridine rings is 1. The minimum absolute atomic E-state index is 0.00721. The molecule has 0 saturated heterocycles. The third-order valence-corrected chi connectivity index (χ3v) is 4.73. The molecule has 10 nitrogen and oxygen atoms in total. The number of aryl methyl sites for hydroxylation is 1. The van der Waals surface area contributed by atoms with Crippen molar-refractivity contribution in [1.82, 2.24) is 19.0 Å². The molecule has 0 radical (unpaired) electrons. The van der Waals surface area contributed by atoms with E-state index in [4.69, 9.17) is 0 Å². The van der Waals surface area contributed by atoms with Crippen LogP contribution in [0.3, 0.4) is 0 Å². The van der Waals surface area contributed by atoms with Crippen LogP contribution in [0.4, 0.5) is 18.9 Å². The first-order chi connectivity index (χ1) is 14.9. The Morgan fingerprint density at radius 3 is 2.41 bits per heavy atom. The molecule has 0 atom stereocenters. The predicted molar refractivity (Wildman–Crippen MR) is 106 cm³/mol. The molecule has 0 spiro atoms. The molecule has 2 heterocycles. The number of hydrogen-bond acceptors (Lipinski definition) is 6. The zero-order valence-electron chi connectivity index (χ0n) is 16.8. The Morgan fingerprint density at radius 2 is 1.78 bits per heavy atom. The number of amides is 1. The number of para-hydroxylation sites is 1. The number of fused-ring (bicyclic) bond motifs is 1. The highest BCUT2D eigenvalue weighted by atomic mass is 19.4. The van der Waals surface area contributed by atoms with E-state index in [9.17, 15) is 37.7 Å². The van der Waals surface area contributed by atoms with E-state index in [1.54, 1.807) is 0 Å². The van der Waals surface area contributed by atoms with Gasteiger partial charge in [-0.25, -0.2) is 9.78 Å². The van der Waals surface area contributed by atoms with Crippen LogP contribution in [0.25, 0.3) is 11.0 Å². The standard InChI is InChI=1S/C19H16F3N5O5/c1-24-15-12(16(28)25(2)18(24)30)7-8-13(23-15)17(29)26(10-19(20,21)22)9-11-5-3-4-6-14(11)27(31)32/h3-8H,9-10H2,1-2H3. The summed E-state index contributed by atoms with van der Waals surface area (Å²) in [6.07, 6.45) is -4.79. The molecule has 168 valence electrons. The minimum atomic E-state index is -4.79. The Balaban J connectivity index is 2.09. The second-order valence-corrected chi connectivity index (χ2v) is 6.94. The van der Waals surface area contributed by atoms with Crippen molar-refractivity contribution in [3.63, 3.8) is 0 Å². The van der Waals surface area contributed by atoms with Crippen LogP contribution in [0.5, 0.6) is 0 Å². The molecule has 1 aromatic carbocycles. The number of rotatable bonds is 5. The minimum Gasteiger partial charge on any atom is -0.324 e. The first kappa shape index (κ1) is 22.7. The molecule has 0 bridgehead atoms. The molecule has 3 aromatic rings. The van der Waals surface area contributed by atoms with E-state index in [0.717, 1.165) is 21.3 Å². The maximum atomic E-state index is 13.2. The molecule has 0 aliphatic heterocycles. The largest absolute Gasteiger partial charge is 0.406 e. The summed E-state index contributed by atoms with van der Waals surface area (Å²) in [7, 11) is 2.55. The maximum Gasteiger partial charge on any atom is 0.406 e. The lowest BCUT2D eigenvalue weighted by atomic mass is 10.1. The smallest absolute Gasteiger partial charge is 0.324 e. The fourth-order valence-corrected chi connectivity index (χ4v) is 3.18. The summed E-state index contributed by atoms with van der Waals surface area (Å²) in [5, 5.41) is 11.2. The van der Waals surface area contributed by atoms with Gasteiger partial charge in [0.25, 0.3) is 17.2 Å². The third kappa shape index (κ3) is 4.36. The van der Waals surface area contributed by atoms with Crippen LogP contribution in [0, 0.1) is 10.1 Å². The van der Waals surface area contributed by atoms with E-state index in [1.165, 1.54) is 38.4 Å². The van der Waals surface area contributed by atoms with Crippen LogP contribution in [-0.4, -0.2) is 42.6 Å². The van der Waals surface area contributed by atoms with E-state index in [2.05, 4.69) is 4.98 Å². The van der Waals surface area contributed by atoms with Gasteiger partial charge in [-0.15, -0.1) is 0 Å². The zero-order chi connectivity index (χ0) is 23.8. The number of hydrogen-bond donors (Lipinski definition) is 0. The Morgan fingerprint density at radius 1 is 1.12 bits per heavy atom. The summed E-state index contributed by atoms with van der Waals surface area (Å²) in [6.45, 7) is -2.39. The third-order valence-electron chi connectivity index (χ3n) is 4.73. The highest BCUT2D eigenvalue weighted by Crippen LogP contribution is 2.24. The van der Waals surface area contributed by atoms with Gasteiger partial charge < -0.3 is 4.90 Å². The maximum absolute atomic E-state index is 13.2. The Labute approximate surface area is 177 Å². The SMILES string of the molecule is Cn1c(=O)c2ccc(C(=O)N(Cc3ccccc3[N+](=O)[O-])CC(F)(F)F)nc2n(C)c1=O. The predicted octanol–water partition coefficient (Wildman–Crippen LogP) is 1.75. The van der Waals surface area contributed by atoms with Gasteiger partial charge in [0.2, 0.25) is 0 Å². The van der Waals surface area contributed by atoms with Crippen LogP contribution in [-0.2, 0) is 20.6 Å². The Hall–Kier alpha value is -4.03. The van der Waals surface area contributed by atoms with E-state index >= 15 is 0 Å².